The molecule has 0 bridgehead atoms. The fourth-order valence-electron chi connectivity index (χ4n) is 3.34. The van der Waals surface area contributed by atoms with Crippen LogP contribution in [0.5, 0.6) is 0 Å². The molecule has 0 aliphatic carbocycles. The molecule has 1 aliphatic rings. The highest BCUT2D eigenvalue weighted by Gasteiger charge is 2.26. The van der Waals surface area contributed by atoms with Crippen LogP contribution >= 0.6 is 0 Å². The van der Waals surface area contributed by atoms with Gasteiger partial charge in [-0.15, -0.1) is 0 Å². The first-order valence-corrected chi connectivity index (χ1v) is 9.57. The minimum absolute atomic E-state index is 0.0158. The Kier molecular flexibility index (Phi) is 6.41. The monoisotopic (exact) mass is 381 g/mol. The number of hydrogen-bond donors (Lipinski definition) is 1. The molecule has 3 rings (SSSR count). The lowest BCUT2D eigenvalue weighted by Gasteiger charge is -2.33. The van der Waals surface area contributed by atoms with Crippen LogP contribution < -0.4 is 5.32 Å². The molecule has 148 valence electrons. The summed E-state index contributed by atoms with van der Waals surface area (Å²) < 4.78 is 5.90. The highest BCUT2D eigenvalue weighted by atomic mass is 16.5. The molecule has 6 heteroatoms. The molecule has 1 aliphatic heterocycles. The summed E-state index contributed by atoms with van der Waals surface area (Å²) in [4.78, 5) is 29.7. The molecular formula is C22H27N3O3. The molecule has 1 aromatic heterocycles. The summed E-state index contributed by atoms with van der Waals surface area (Å²) in [6.45, 7) is 6.90. The van der Waals surface area contributed by atoms with Gasteiger partial charge in [0, 0.05) is 19.2 Å². The van der Waals surface area contributed by atoms with Crippen molar-refractivity contribution < 1.29 is 14.3 Å². The van der Waals surface area contributed by atoms with E-state index in [1.54, 1.807) is 4.90 Å². The normalized spacial score (nSPS) is 16.7. The molecule has 1 fully saturated rings. The minimum Gasteiger partial charge on any atom is -0.368 e. The third-order valence-electron chi connectivity index (χ3n) is 4.80. The van der Waals surface area contributed by atoms with E-state index in [-0.39, 0.29) is 24.5 Å². The van der Waals surface area contributed by atoms with Crippen molar-refractivity contribution in [3.05, 3.63) is 64.5 Å². The first-order chi connectivity index (χ1) is 13.4. The average molecular weight is 381 g/mol. The zero-order valence-electron chi connectivity index (χ0n) is 16.7. The Bertz CT molecular complexity index is 849. The lowest BCUT2D eigenvalue weighted by atomic mass is 10.0. The maximum absolute atomic E-state index is 12.3. The Morgan fingerprint density at radius 2 is 1.93 bits per heavy atom. The van der Waals surface area contributed by atoms with Crippen LogP contribution in [0.4, 0.5) is 0 Å². The molecule has 0 unspecified atom stereocenters. The topological polar surface area (TPSA) is 71.5 Å². The summed E-state index contributed by atoms with van der Waals surface area (Å²) in [5.74, 6) is -0.310. The van der Waals surface area contributed by atoms with Crippen LogP contribution in [-0.4, -0.2) is 47.9 Å². The molecule has 1 aromatic carbocycles. The van der Waals surface area contributed by atoms with E-state index in [1.165, 1.54) is 23.6 Å². The van der Waals surface area contributed by atoms with Crippen molar-refractivity contribution in [1.82, 2.24) is 15.2 Å². The molecule has 1 atom stereocenters. The molecule has 0 spiro atoms. The largest absolute Gasteiger partial charge is 0.368 e. The Balaban J connectivity index is 1.71. The van der Waals surface area contributed by atoms with Crippen LogP contribution in [0.3, 0.4) is 0 Å². The van der Waals surface area contributed by atoms with Gasteiger partial charge in [-0.05, 0) is 43.5 Å². The van der Waals surface area contributed by atoms with Crippen molar-refractivity contribution in [2.45, 2.75) is 33.3 Å². The number of pyridine rings is 1. The number of ether oxygens (including phenoxy) is 1. The van der Waals surface area contributed by atoms with Gasteiger partial charge in [0.2, 0.25) is 11.8 Å². The van der Waals surface area contributed by atoms with Crippen LogP contribution in [0.15, 0.2) is 36.4 Å². The van der Waals surface area contributed by atoms with Gasteiger partial charge >= 0.3 is 0 Å². The number of nitrogens with one attached hydrogen (secondary N) is 1. The van der Waals surface area contributed by atoms with Crippen LogP contribution in [0, 0.1) is 13.8 Å². The second kappa shape index (κ2) is 8.97. The van der Waals surface area contributed by atoms with Gasteiger partial charge in [0.05, 0.1) is 25.4 Å². The van der Waals surface area contributed by atoms with Crippen molar-refractivity contribution in [1.29, 1.82) is 0 Å². The van der Waals surface area contributed by atoms with Crippen molar-refractivity contribution >= 4 is 11.8 Å². The molecule has 2 heterocycles. The van der Waals surface area contributed by atoms with Gasteiger partial charge < -0.3 is 15.0 Å². The Labute approximate surface area is 165 Å². The Morgan fingerprint density at radius 3 is 2.64 bits per heavy atom. The number of rotatable bonds is 5. The third kappa shape index (κ3) is 5.39. The summed E-state index contributed by atoms with van der Waals surface area (Å²) >= 11 is 0. The second-order valence-electron chi connectivity index (χ2n) is 7.31. The fraction of sp³-hybridized carbons (Fsp3) is 0.409. The molecular weight excluding hydrogens is 354 g/mol. The van der Waals surface area contributed by atoms with Gasteiger partial charge in [0.1, 0.15) is 6.10 Å². The van der Waals surface area contributed by atoms with Crippen LogP contribution in [-0.2, 0) is 20.7 Å². The predicted octanol–water partition coefficient (Wildman–Crippen LogP) is 2.33. The molecule has 1 saturated heterocycles. The number of morpholine rings is 1. The number of aromatic nitrogens is 1. The molecule has 2 aromatic rings. The number of aryl methyl sites for hydroxylation is 2. The number of nitrogens with zero attached hydrogens (tertiary/aromatic N) is 2. The van der Waals surface area contributed by atoms with Crippen molar-refractivity contribution in [3.8, 4) is 0 Å². The van der Waals surface area contributed by atoms with Crippen LogP contribution in [0.2, 0.25) is 0 Å². The Hall–Kier alpha value is -2.73. The molecule has 1 N–H and O–H groups in total. The van der Waals surface area contributed by atoms with Crippen molar-refractivity contribution in [3.63, 3.8) is 0 Å². The van der Waals surface area contributed by atoms with E-state index in [0.29, 0.717) is 19.7 Å². The van der Waals surface area contributed by atoms with E-state index in [4.69, 9.17) is 4.74 Å². The van der Waals surface area contributed by atoms with Gasteiger partial charge in [0.15, 0.2) is 0 Å². The summed E-state index contributed by atoms with van der Waals surface area (Å²) in [5, 5.41) is 2.56. The van der Waals surface area contributed by atoms with E-state index in [1.807, 2.05) is 6.92 Å². The summed E-state index contributed by atoms with van der Waals surface area (Å²) in [6.07, 6.45) is 0.570. The van der Waals surface area contributed by atoms with E-state index in [9.17, 15) is 9.59 Å². The number of benzene rings is 1. The zero-order valence-corrected chi connectivity index (χ0v) is 16.7. The first kappa shape index (κ1) is 20.0. The molecule has 6 nitrogen and oxygen atoms in total. The number of hydrogen-bond acceptors (Lipinski definition) is 4. The highest BCUT2D eigenvalue weighted by molar-refractivity contribution is 5.83. The second-order valence-corrected chi connectivity index (χ2v) is 7.31. The quantitative estimate of drug-likeness (QED) is 0.863. The third-order valence-corrected chi connectivity index (χ3v) is 4.80. The average Bonchev–Trinajstić information content (AvgIpc) is 2.67. The van der Waals surface area contributed by atoms with Crippen molar-refractivity contribution in [2.75, 3.05) is 26.2 Å². The summed E-state index contributed by atoms with van der Waals surface area (Å²) in [7, 11) is 0. The lowest BCUT2D eigenvalue weighted by Crippen LogP contribution is -2.46. The summed E-state index contributed by atoms with van der Waals surface area (Å²) in [5.41, 5.74) is 5.45. The van der Waals surface area contributed by atoms with Crippen LogP contribution in [0.1, 0.15) is 41.1 Å². The molecule has 0 saturated carbocycles. The lowest BCUT2D eigenvalue weighted by molar-refractivity contribution is -0.139. The number of carbonyl (C=O) groups excluding carboxylic acids is 2. The standard InChI is InChI=1S/C22H27N3O3/c1-15-4-6-18(7-5-15)11-19-10-16(2)24-20(12-19)21-14-25(8-9-28-21)22(27)13-23-17(3)26/h4-7,10,12,21H,8-9,11,13-14H2,1-3H3,(H,23,26)/t21-/m1/s1. The smallest absolute Gasteiger partial charge is 0.242 e. The molecule has 28 heavy (non-hydrogen) atoms. The minimum atomic E-state index is -0.258. The van der Waals surface area contributed by atoms with E-state index in [2.05, 4.69) is 53.6 Å². The first-order valence-electron chi connectivity index (χ1n) is 9.57. The Morgan fingerprint density at radius 1 is 1.18 bits per heavy atom. The maximum atomic E-state index is 12.3. The predicted molar refractivity (Wildman–Crippen MR) is 107 cm³/mol. The number of amides is 2. The van der Waals surface area contributed by atoms with Gasteiger partial charge in [-0.1, -0.05) is 29.8 Å². The van der Waals surface area contributed by atoms with Crippen LogP contribution in [0.25, 0.3) is 0 Å². The maximum Gasteiger partial charge on any atom is 0.242 e. The number of carbonyl (C=O) groups is 2. The molecule has 2 amide bonds. The highest BCUT2D eigenvalue weighted by Crippen LogP contribution is 2.23. The van der Waals surface area contributed by atoms with Gasteiger partial charge in [-0.3, -0.25) is 14.6 Å². The SMILES string of the molecule is CC(=O)NCC(=O)N1CCO[C@@H](c2cc(Cc3ccc(C)cc3)cc(C)n2)C1. The fourth-order valence-corrected chi connectivity index (χ4v) is 3.34. The van der Waals surface area contributed by atoms with Gasteiger partial charge in [-0.2, -0.15) is 0 Å². The van der Waals surface area contributed by atoms with E-state index in [0.717, 1.165) is 17.8 Å². The molecule has 0 radical (unpaired) electrons. The van der Waals surface area contributed by atoms with Crippen molar-refractivity contribution in [2.24, 2.45) is 0 Å². The van der Waals surface area contributed by atoms with Gasteiger partial charge in [-0.25, -0.2) is 0 Å². The van der Waals surface area contributed by atoms with E-state index >= 15 is 0 Å². The zero-order chi connectivity index (χ0) is 20.1. The van der Waals surface area contributed by atoms with E-state index < -0.39 is 0 Å². The summed E-state index contributed by atoms with van der Waals surface area (Å²) in [6, 6.07) is 12.7. The van der Waals surface area contributed by atoms with Gasteiger partial charge in [0.25, 0.3) is 0 Å².